The molecule has 0 fully saturated rings. The molecule has 1 atom stereocenters. The van der Waals surface area contributed by atoms with E-state index in [1.54, 1.807) is 38.1 Å². The quantitative estimate of drug-likeness (QED) is 0.267. The molecule has 13 nitrogen and oxygen atoms in total. The topological polar surface area (TPSA) is 163 Å². The number of amides is 2. The average Bonchev–Trinajstić information content (AvgIpc) is 3.42. The van der Waals surface area contributed by atoms with Crippen LogP contribution < -0.4 is 10.6 Å². The van der Waals surface area contributed by atoms with Gasteiger partial charge in [0.25, 0.3) is 0 Å². The molecular formula is C32H39F3N9O4+. The van der Waals surface area contributed by atoms with Crippen molar-refractivity contribution >= 4 is 23.6 Å². The van der Waals surface area contributed by atoms with Crippen LogP contribution in [0.5, 0.6) is 0 Å². The number of rotatable bonds is 8. The van der Waals surface area contributed by atoms with E-state index in [0.717, 1.165) is 40.9 Å². The summed E-state index contributed by atoms with van der Waals surface area (Å²) in [4.78, 5) is 32.6. The number of urea groups is 1. The first kappa shape index (κ1) is 37.2. The number of nitrogens with one attached hydrogen (secondary N) is 1. The summed E-state index contributed by atoms with van der Waals surface area (Å²) in [6.45, 7) is 2.52. The Bertz CT molecular complexity index is 1740. The van der Waals surface area contributed by atoms with Crippen molar-refractivity contribution in [3.63, 3.8) is 0 Å². The molecule has 3 N–H and O–H groups in total. The van der Waals surface area contributed by atoms with Crippen LogP contribution in [0.2, 0.25) is 0 Å². The molecule has 48 heavy (non-hydrogen) atoms. The highest BCUT2D eigenvalue weighted by molar-refractivity contribution is 6.10. The third kappa shape index (κ3) is 8.17. The molecule has 0 bridgehead atoms. The van der Waals surface area contributed by atoms with Crippen LogP contribution in [0.4, 0.5) is 23.7 Å². The highest BCUT2D eigenvalue weighted by Crippen LogP contribution is 2.42. The highest BCUT2D eigenvalue weighted by atomic mass is 19.4. The summed E-state index contributed by atoms with van der Waals surface area (Å²) in [6.07, 6.45) is -2.85. The van der Waals surface area contributed by atoms with Crippen LogP contribution in [0.25, 0.3) is 0 Å². The van der Waals surface area contributed by atoms with Gasteiger partial charge in [0.05, 0.1) is 50.5 Å². The maximum atomic E-state index is 13.6. The van der Waals surface area contributed by atoms with Gasteiger partial charge in [-0.2, -0.15) is 23.5 Å². The molecule has 0 radical (unpaired) electrons. The number of nitriles is 1. The molecule has 0 spiro atoms. The second kappa shape index (κ2) is 15.1. The van der Waals surface area contributed by atoms with Crippen LogP contribution in [-0.2, 0) is 40.5 Å². The van der Waals surface area contributed by atoms with E-state index >= 15 is 0 Å². The van der Waals surface area contributed by atoms with Crippen LogP contribution in [0, 0.1) is 16.7 Å². The maximum Gasteiger partial charge on any atom is 0.416 e. The minimum absolute atomic E-state index is 0.0716. The molecule has 1 aliphatic rings. The lowest BCUT2D eigenvalue weighted by Crippen LogP contribution is -2.55. The summed E-state index contributed by atoms with van der Waals surface area (Å²) in [5.74, 6) is -0.680. The molecule has 0 saturated heterocycles. The van der Waals surface area contributed by atoms with Gasteiger partial charge in [-0.3, -0.25) is 15.2 Å². The molecule has 3 aromatic rings. The fraction of sp³-hybridized carbons (Fsp3) is 0.375. The van der Waals surface area contributed by atoms with Crippen molar-refractivity contribution in [2.45, 2.75) is 32.1 Å². The number of hydrogen-bond acceptors (Lipinski definition) is 8. The lowest BCUT2D eigenvalue weighted by molar-refractivity contribution is -0.904. The number of quaternary nitrogens is 1. The first-order valence-electron chi connectivity index (χ1n) is 14.5. The van der Waals surface area contributed by atoms with Gasteiger partial charge in [-0.05, 0) is 48.4 Å². The molecule has 1 aliphatic heterocycles. The molecule has 0 unspecified atom stereocenters. The van der Waals surface area contributed by atoms with Crippen molar-refractivity contribution in [3.05, 3.63) is 88.1 Å². The maximum absolute atomic E-state index is 13.6. The summed E-state index contributed by atoms with van der Waals surface area (Å²) in [5, 5.41) is 22.8. The Morgan fingerprint density at radius 1 is 1.15 bits per heavy atom. The average molecular weight is 671 g/mol. The lowest BCUT2D eigenvalue weighted by Gasteiger charge is -2.43. The van der Waals surface area contributed by atoms with E-state index in [1.165, 1.54) is 25.4 Å². The number of benzene rings is 2. The zero-order valence-corrected chi connectivity index (χ0v) is 27.8. The standard InChI is InChI=1S/C30H32F3N9O3.C2H6O/c1-18-25(27(43)45-5)26(41(29(36)44)28(35)40(18)22-8-6-7-21(14-22)30(31,32)33)23-10-9-19(15-34)13-20(23)11-12-42(3,4)16-24-37-17-38-39(24)2;1-3-2/h6-10,13-14,17,26,35H,11-12,16H2,1-5H3,(H-,36,44);1-2H3/p+1/t26-;/m1./s1. The van der Waals surface area contributed by atoms with Crippen molar-refractivity contribution in [3.8, 4) is 6.07 Å². The van der Waals surface area contributed by atoms with Crippen LogP contribution in [0.3, 0.4) is 0 Å². The number of alkyl halides is 3. The van der Waals surface area contributed by atoms with E-state index in [4.69, 9.17) is 15.9 Å². The smallest absolute Gasteiger partial charge is 0.416 e. The number of nitrogens with two attached hydrogens (primary N) is 1. The van der Waals surface area contributed by atoms with Gasteiger partial charge >= 0.3 is 18.2 Å². The van der Waals surface area contributed by atoms with Crippen molar-refractivity contribution in [1.82, 2.24) is 19.7 Å². The Morgan fingerprint density at radius 3 is 2.35 bits per heavy atom. The van der Waals surface area contributed by atoms with Crippen molar-refractivity contribution in [2.24, 2.45) is 12.8 Å². The van der Waals surface area contributed by atoms with Gasteiger partial charge in [0.2, 0.25) is 5.96 Å². The number of esters is 1. The van der Waals surface area contributed by atoms with E-state index in [-0.39, 0.29) is 17.0 Å². The predicted molar refractivity (Wildman–Crippen MR) is 170 cm³/mol. The summed E-state index contributed by atoms with van der Waals surface area (Å²) in [7, 11) is 10.2. The number of primary amides is 1. The van der Waals surface area contributed by atoms with Crippen LogP contribution in [-0.4, -0.2) is 84.1 Å². The minimum Gasteiger partial charge on any atom is -0.466 e. The van der Waals surface area contributed by atoms with Gasteiger partial charge in [-0.1, -0.05) is 12.1 Å². The highest BCUT2D eigenvalue weighted by Gasteiger charge is 2.44. The number of allylic oxidation sites excluding steroid dienone is 1. The number of guanidine groups is 1. The van der Waals surface area contributed by atoms with E-state index in [0.29, 0.717) is 40.7 Å². The van der Waals surface area contributed by atoms with Gasteiger partial charge < -0.3 is 19.7 Å². The number of anilines is 1. The Labute approximate surface area is 276 Å². The van der Waals surface area contributed by atoms with Crippen molar-refractivity contribution < 1.29 is 36.7 Å². The van der Waals surface area contributed by atoms with Gasteiger partial charge in [0.1, 0.15) is 18.9 Å². The number of aryl methyl sites for hydroxylation is 1. The monoisotopic (exact) mass is 670 g/mol. The SMILES string of the molecule is COC.COC(=O)C1=C(C)N(c2cccc(C(F)(F)F)c2)C(=N)N(C(N)=O)[C@@H]1c1ccc(C#N)cc1CC[N+](C)(C)Cc1ncnn1C. The van der Waals surface area contributed by atoms with Gasteiger partial charge in [0, 0.05) is 39.1 Å². The Morgan fingerprint density at radius 2 is 1.81 bits per heavy atom. The second-order valence-electron chi connectivity index (χ2n) is 11.6. The molecule has 256 valence electrons. The molecule has 4 rings (SSSR count). The van der Waals surface area contributed by atoms with Crippen LogP contribution >= 0.6 is 0 Å². The molecule has 0 saturated carbocycles. The number of methoxy groups -OCH3 is 2. The number of carbonyl (C=O) groups excluding carboxylic acids is 2. The Hall–Kier alpha value is -5.27. The van der Waals surface area contributed by atoms with Gasteiger partial charge in [0.15, 0.2) is 5.82 Å². The van der Waals surface area contributed by atoms with Crippen molar-refractivity contribution in [2.75, 3.05) is 46.9 Å². The number of hydrogen-bond donors (Lipinski definition) is 2. The second-order valence-corrected chi connectivity index (χ2v) is 11.6. The molecule has 16 heteroatoms. The fourth-order valence-electron chi connectivity index (χ4n) is 5.38. The van der Waals surface area contributed by atoms with Crippen LogP contribution in [0.15, 0.2) is 60.1 Å². The van der Waals surface area contributed by atoms with Gasteiger partial charge in [-0.25, -0.2) is 19.3 Å². The van der Waals surface area contributed by atoms with E-state index in [9.17, 15) is 28.0 Å². The molecule has 0 aliphatic carbocycles. The van der Waals surface area contributed by atoms with Crippen molar-refractivity contribution in [1.29, 1.82) is 10.7 Å². The van der Waals surface area contributed by atoms with Gasteiger partial charge in [-0.15, -0.1) is 0 Å². The molecule has 1 aromatic heterocycles. The zero-order chi connectivity index (χ0) is 36.0. The molecule has 2 heterocycles. The summed E-state index contributed by atoms with van der Waals surface area (Å²) in [5.41, 5.74) is 6.01. The Kier molecular flexibility index (Phi) is 11.7. The number of aromatic nitrogens is 3. The number of ether oxygens (including phenoxy) is 2. The summed E-state index contributed by atoms with van der Waals surface area (Å²) >= 11 is 0. The number of halogens is 3. The number of likely N-dealkylation sites (N-methyl/N-ethyl adjacent to an activating group) is 1. The molecular weight excluding hydrogens is 631 g/mol. The fourth-order valence-corrected chi connectivity index (χ4v) is 5.38. The van der Waals surface area contributed by atoms with Crippen LogP contribution in [0.1, 0.15) is 41.0 Å². The molecule has 2 aromatic carbocycles. The summed E-state index contributed by atoms with van der Waals surface area (Å²) < 4.78 is 52.2. The van der Waals surface area contributed by atoms with E-state index in [2.05, 4.69) is 20.9 Å². The van der Waals surface area contributed by atoms with E-state index in [1.807, 2.05) is 14.1 Å². The first-order valence-corrected chi connectivity index (χ1v) is 14.5. The third-order valence-electron chi connectivity index (χ3n) is 7.70. The Balaban J connectivity index is 0.00000201. The number of carbonyl (C=O) groups is 2. The zero-order valence-electron chi connectivity index (χ0n) is 27.8. The predicted octanol–water partition coefficient (Wildman–Crippen LogP) is 4.11. The third-order valence-corrected chi connectivity index (χ3v) is 7.70. The largest absolute Gasteiger partial charge is 0.466 e. The first-order chi connectivity index (χ1) is 22.5. The number of nitrogens with zero attached hydrogens (tertiary/aromatic N) is 7. The lowest BCUT2D eigenvalue weighted by atomic mass is 9.87. The molecule has 2 amide bonds. The summed E-state index contributed by atoms with van der Waals surface area (Å²) in [6, 6.07) is 8.63. The van der Waals surface area contributed by atoms with E-state index < -0.39 is 35.7 Å². The minimum atomic E-state index is -4.68. The normalized spacial score (nSPS) is 15.1.